The summed E-state index contributed by atoms with van der Waals surface area (Å²) >= 11 is 15.4. The van der Waals surface area contributed by atoms with Gasteiger partial charge < -0.3 is 4.74 Å². The molecular weight excluding hydrogens is 371 g/mol. The minimum atomic E-state index is 0.403. The van der Waals surface area contributed by atoms with E-state index in [1.54, 1.807) is 0 Å². The summed E-state index contributed by atoms with van der Waals surface area (Å²) in [6.07, 6.45) is 1.88. The molecule has 1 nitrogen and oxygen atoms in total. The van der Waals surface area contributed by atoms with E-state index in [0.29, 0.717) is 18.4 Å². The molecule has 0 aliphatic carbocycles. The van der Waals surface area contributed by atoms with Crippen LogP contribution in [0.25, 0.3) is 0 Å². The van der Waals surface area contributed by atoms with Crippen molar-refractivity contribution in [1.29, 1.82) is 0 Å². The number of benzene rings is 2. The SMILES string of the molecule is ClCC(CCOc1cccc(Br)c1)Cc1ccc(Cl)cc1. The number of halogens is 3. The Balaban J connectivity index is 1.81. The van der Waals surface area contributed by atoms with Gasteiger partial charge in [-0.3, -0.25) is 0 Å². The zero-order valence-corrected chi connectivity index (χ0v) is 14.7. The molecule has 4 heteroatoms. The van der Waals surface area contributed by atoms with Crippen molar-refractivity contribution in [2.45, 2.75) is 12.8 Å². The van der Waals surface area contributed by atoms with Gasteiger partial charge in [-0.2, -0.15) is 0 Å². The highest BCUT2D eigenvalue weighted by atomic mass is 79.9. The van der Waals surface area contributed by atoms with Crippen LogP contribution in [0.1, 0.15) is 12.0 Å². The average molecular weight is 388 g/mol. The molecule has 0 amide bonds. The summed E-state index contributed by atoms with van der Waals surface area (Å²) in [6.45, 7) is 0.668. The lowest BCUT2D eigenvalue weighted by Crippen LogP contribution is -2.11. The molecule has 0 heterocycles. The molecule has 2 rings (SSSR count). The summed E-state index contributed by atoms with van der Waals surface area (Å²) in [5.41, 5.74) is 1.26. The van der Waals surface area contributed by atoms with Crippen molar-refractivity contribution < 1.29 is 4.74 Å². The van der Waals surface area contributed by atoms with Crippen LogP contribution in [0.2, 0.25) is 5.02 Å². The van der Waals surface area contributed by atoms with E-state index < -0.39 is 0 Å². The molecule has 0 N–H and O–H groups in total. The predicted molar refractivity (Wildman–Crippen MR) is 93.6 cm³/mol. The third-order valence-corrected chi connectivity index (χ3v) is 4.43. The first-order valence-electron chi connectivity index (χ1n) is 6.86. The van der Waals surface area contributed by atoms with Gasteiger partial charge in [-0.15, -0.1) is 11.6 Å². The Hall–Kier alpha value is -0.700. The number of rotatable bonds is 7. The second-order valence-electron chi connectivity index (χ2n) is 4.95. The molecule has 2 aromatic rings. The summed E-state index contributed by atoms with van der Waals surface area (Å²) in [6, 6.07) is 15.8. The molecule has 0 fully saturated rings. The van der Waals surface area contributed by atoms with Crippen LogP contribution in [-0.2, 0) is 6.42 Å². The van der Waals surface area contributed by atoms with E-state index in [2.05, 4.69) is 28.1 Å². The van der Waals surface area contributed by atoms with Crippen LogP contribution >= 0.6 is 39.1 Å². The molecule has 0 aliphatic rings. The topological polar surface area (TPSA) is 9.23 Å². The maximum Gasteiger partial charge on any atom is 0.120 e. The zero-order valence-electron chi connectivity index (χ0n) is 11.6. The van der Waals surface area contributed by atoms with E-state index in [1.807, 2.05) is 36.4 Å². The average Bonchev–Trinajstić information content (AvgIpc) is 2.48. The zero-order chi connectivity index (χ0) is 15.1. The van der Waals surface area contributed by atoms with Crippen molar-refractivity contribution in [2.24, 2.45) is 5.92 Å². The fourth-order valence-electron chi connectivity index (χ4n) is 2.09. The number of ether oxygens (including phenoxy) is 1. The van der Waals surface area contributed by atoms with Gasteiger partial charge >= 0.3 is 0 Å². The van der Waals surface area contributed by atoms with Crippen molar-refractivity contribution >= 4 is 39.1 Å². The van der Waals surface area contributed by atoms with Gasteiger partial charge in [0.25, 0.3) is 0 Å². The number of hydrogen-bond acceptors (Lipinski definition) is 1. The fourth-order valence-corrected chi connectivity index (χ4v) is 2.86. The van der Waals surface area contributed by atoms with E-state index in [9.17, 15) is 0 Å². The molecule has 0 radical (unpaired) electrons. The Morgan fingerprint density at radius 2 is 1.86 bits per heavy atom. The van der Waals surface area contributed by atoms with Gasteiger partial charge in [0.15, 0.2) is 0 Å². The molecule has 21 heavy (non-hydrogen) atoms. The highest BCUT2D eigenvalue weighted by Crippen LogP contribution is 2.20. The summed E-state index contributed by atoms with van der Waals surface area (Å²) in [4.78, 5) is 0. The van der Waals surface area contributed by atoms with Crippen LogP contribution in [-0.4, -0.2) is 12.5 Å². The van der Waals surface area contributed by atoms with Gasteiger partial charge in [0.2, 0.25) is 0 Å². The van der Waals surface area contributed by atoms with Gasteiger partial charge in [-0.25, -0.2) is 0 Å². The molecule has 1 atom stereocenters. The second kappa shape index (κ2) is 8.67. The second-order valence-corrected chi connectivity index (χ2v) is 6.61. The molecule has 112 valence electrons. The third-order valence-electron chi connectivity index (χ3n) is 3.25. The van der Waals surface area contributed by atoms with Gasteiger partial charge in [0, 0.05) is 15.4 Å². The Morgan fingerprint density at radius 1 is 1.10 bits per heavy atom. The molecule has 0 aromatic heterocycles. The van der Waals surface area contributed by atoms with Crippen molar-refractivity contribution in [3.8, 4) is 5.75 Å². The van der Waals surface area contributed by atoms with E-state index in [1.165, 1.54) is 5.56 Å². The van der Waals surface area contributed by atoms with Gasteiger partial charge in [-0.05, 0) is 54.7 Å². The highest BCUT2D eigenvalue weighted by Gasteiger charge is 2.09. The Bertz CT molecular complexity index is 557. The van der Waals surface area contributed by atoms with Crippen molar-refractivity contribution in [2.75, 3.05) is 12.5 Å². The molecule has 2 aromatic carbocycles. The van der Waals surface area contributed by atoms with Gasteiger partial charge in [-0.1, -0.05) is 45.7 Å². The van der Waals surface area contributed by atoms with E-state index in [0.717, 1.165) is 28.1 Å². The predicted octanol–water partition coefficient (Wildman–Crippen LogP) is 5.97. The lowest BCUT2D eigenvalue weighted by Gasteiger charge is -2.15. The Kier molecular flexibility index (Phi) is 6.88. The van der Waals surface area contributed by atoms with Crippen LogP contribution in [0.5, 0.6) is 5.75 Å². The number of hydrogen-bond donors (Lipinski definition) is 0. The van der Waals surface area contributed by atoms with E-state index in [4.69, 9.17) is 27.9 Å². The Labute approximate surface area is 144 Å². The van der Waals surface area contributed by atoms with E-state index in [-0.39, 0.29) is 0 Å². The largest absolute Gasteiger partial charge is 0.494 e. The lowest BCUT2D eigenvalue weighted by atomic mass is 9.98. The number of alkyl halides is 1. The van der Waals surface area contributed by atoms with Crippen molar-refractivity contribution in [3.05, 3.63) is 63.6 Å². The molecule has 0 aliphatic heterocycles. The van der Waals surface area contributed by atoms with E-state index >= 15 is 0 Å². The molecule has 1 unspecified atom stereocenters. The van der Waals surface area contributed by atoms with Crippen molar-refractivity contribution in [1.82, 2.24) is 0 Å². The molecule has 0 saturated carbocycles. The minimum Gasteiger partial charge on any atom is -0.494 e. The van der Waals surface area contributed by atoms with Crippen LogP contribution < -0.4 is 4.74 Å². The first-order chi connectivity index (χ1) is 10.2. The maximum atomic E-state index is 6.07. The summed E-state index contributed by atoms with van der Waals surface area (Å²) in [5.74, 6) is 1.91. The van der Waals surface area contributed by atoms with Crippen LogP contribution in [0.15, 0.2) is 53.0 Å². The summed E-state index contributed by atoms with van der Waals surface area (Å²) in [7, 11) is 0. The first-order valence-corrected chi connectivity index (χ1v) is 8.56. The van der Waals surface area contributed by atoms with Gasteiger partial charge in [0.05, 0.1) is 6.61 Å². The van der Waals surface area contributed by atoms with Crippen LogP contribution in [0.3, 0.4) is 0 Å². The first kappa shape index (κ1) is 16.7. The molecule has 0 bridgehead atoms. The van der Waals surface area contributed by atoms with Crippen molar-refractivity contribution in [3.63, 3.8) is 0 Å². The smallest absolute Gasteiger partial charge is 0.120 e. The fraction of sp³-hybridized carbons (Fsp3) is 0.294. The van der Waals surface area contributed by atoms with Crippen LogP contribution in [0, 0.1) is 5.92 Å². The van der Waals surface area contributed by atoms with Crippen LogP contribution in [0.4, 0.5) is 0 Å². The quantitative estimate of drug-likeness (QED) is 0.531. The summed E-state index contributed by atoms with van der Waals surface area (Å²) < 4.78 is 6.79. The molecule has 0 saturated heterocycles. The monoisotopic (exact) mass is 386 g/mol. The molecule has 0 spiro atoms. The normalized spacial score (nSPS) is 12.1. The minimum absolute atomic E-state index is 0.403. The Morgan fingerprint density at radius 3 is 2.52 bits per heavy atom. The maximum absolute atomic E-state index is 6.07. The highest BCUT2D eigenvalue weighted by molar-refractivity contribution is 9.10. The van der Waals surface area contributed by atoms with Gasteiger partial charge in [0.1, 0.15) is 5.75 Å². The molecular formula is C17H17BrCl2O. The standard InChI is InChI=1S/C17H17BrCl2O/c18-15-2-1-3-17(11-15)21-9-8-14(12-19)10-13-4-6-16(20)7-5-13/h1-7,11,14H,8-10,12H2. The summed E-state index contributed by atoms with van der Waals surface area (Å²) in [5, 5.41) is 0.763. The lowest BCUT2D eigenvalue weighted by molar-refractivity contribution is 0.284. The third kappa shape index (κ3) is 5.90.